The molecule has 35 heavy (non-hydrogen) atoms. The van der Waals surface area contributed by atoms with E-state index in [4.69, 9.17) is 31.2 Å². The maximum atomic E-state index is 13.8. The predicted molar refractivity (Wildman–Crippen MR) is 128 cm³/mol. The zero-order valence-electron chi connectivity index (χ0n) is 19.4. The van der Waals surface area contributed by atoms with Crippen molar-refractivity contribution in [3.63, 3.8) is 0 Å². The summed E-state index contributed by atoms with van der Waals surface area (Å²) in [4.78, 5) is 7.18. The van der Waals surface area contributed by atoms with E-state index >= 15 is 0 Å². The Labute approximate surface area is 207 Å². The van der Waals surface area contributed by atoms with Gasteiger partial charge >= 0.3 is 0 Å². The molecule has 3 aromatic rings. The average molecular weight is 500 g/mol. The number of hydrogen-bond acceptors (Lipinski definition) is 8. The minimum atomic E-state index is -0.421. The molecule has 0 radical (unpaired) electrons. The molecule has 3 aliphatic rings. The van der Waals surface area contributed by atoms with Crippen molar-refractivity contribution in [3.8, 4) is 11.6 Å². The highest BCUT2D eigenvalue weighted by atomic mass is 35.5. The maximum Gasteiger partial charge on any atom is 0.242 e. The van der Waals surface area contributed by atoms with Crippen LogP contribution in [-0.4, -0.2) is 51.2 Å². The average Bonchev–Trinajstić information content (AvgIpc) is 3.35. The third kappa shape index (κ3) is 4.47. The first kappa shape index (κ1) is 22.3. The molecule has 1 aliphatic carbocycles. The molecule has 1 aromatic carbocycles. The van der Waals surface area contributed by atoms with Gasteiger partial charge < -0.3 is 19.7 Å². The van der Waals surface area contributed by atoms with Gasteiger partial charge in [-0.1, -0.05) is 11.6 Å². The Balaban J connectivity index is 1.16. The molecule has 0 unspecified atom stereocenters. The summed E-state index contributed by atoms with van der Waals surface area (Å²) >= 11 is 6.00. The SMILES string of the molecule is COc1cc(N2C[C@H]3CC[C@@H](C2)[C@@H]3Nc2nc3n(n2)CCC[C@@H]3Oc2cc(F)cc(Cl)c2)cnn1. The minimum Gasteiger partial charge on any atom is -0.482 e. The summed E-state index contributed by atoms with van der Waals surface area (Å²) in [6, 6.07) is 6.49. The van der Waals surface area contributed by atoms with Gasteiger partial charge in [-0.2, -0.15) is 10.1 Å². The third-order valence-corrected chi connectivity index (χ3v) is 7.48. The van der Waals surface area contributed by atoms with Gasteiger partial charge in [0.2, 0.25) is 11.8 Å². The van der Waals surface area contributed by atoms with Crippen LogP contribution in [0.4, 0.5) is 16.0 Å². The van der Waals surface area contributed by atoms with Gasteiger partial charge in [0.1, 0.15) is 11.6 Å². The van der Waals surface area contributed by atoms with Crippen molar-refractivity contribution in [2.75, 3.05) is 30.4 Å². The van der Waals surface area contributed by atoms with Crippen molar-refractivity contribution >= 4 is 23.2 Å². The Kier molecular flexibility index (Phi) is 5.83. The number of piperidine rings is 1. The van der Waals surface area contributed by atoms with E-state index in [9.17, 15) is 4.39 Å². The van der Waals surface area contributed by atoms with Crippen LogP contribution in [0.5, 0.6) is 11.6 Å². The zero-order chi connectivity index (χ0) is 23.9. The van der Waals surface area contributed by atoms with E-state index in [1.807, 2.05) is 10.7 Å². The van der Waals surface area contributed by atoms with Crippen molar-refractivity contribution in [2.45, 2.75) is 44.4 Å². The second-order valence-corrected chi connectivity index (χ2v) is 9.94. The van der Waals surface area contributed by atoms with E-state index in [0.717, 1.165) is 56.8 Å². The number of fused-ring (bicyclic) bond motifs is 3. The van der Waals surface area contributed by atoms with E-state index in [2.05, 4.69) is 20.4 Å². The van der Waals surface area contributed by atoms with Crippen molar-refractivity contribution in [2.24, 2.45) is 11.8 Å². The molecule has 184 valence electrons. The Morgan fingerprint density at radius 2 is 1.94 bits per heavy atom. The van der Waals surface area contributed by atoms with Gasteiger partial charge in [-0.05, 0) is 49.7 Å². The van der Waals surface area contributed by atoms with Gasteiger partial charge in [-0.3, -0.25) is 0 Å². The number of anilines is 2. The molecule has 11 heteroatoms. The van der Waals surface area contributed by atoms with Crippen molar-refractivity contribution in [1.82, 2.24) is 25.0 Å². The molecule has 1 saturated carbocycles. The molecule has 6 rings (SSSR count). The van der Waals surface area contributed by atoms with Crippen molar-refractivity contribution in [3.05, 3.63) is 47.1 Å². The minimum absolute atomic E-state index is 0.294. The fourth-order valence-electron chi connectivity index (χ4n) is 5.67. The quantitative estimate of drug-likeness (QED) is 0.542. The maximum absolute atomic E-state index is 13.8. The number of halogens is 2. The molecule has 4 heterocycles. The number of nitrogens with zero attached hydrogens (tertiary/aromatic N) is 6. The number of hydrogen-bond donors (Lipinski definition) is 1. The van der Waals surface area contributed by atoms with Crippen LogP contribution < -0.4 is 19.7 Å². The number of methoxy groups -OCH3 is 1. The van der Waals surface area contributed by atoms with Gasteiger partial charge in [0.25, 0.3) is 0 Å². The summed E-state index contributed by atoms with van der Waals surface area (Å²) in [7, 11) is 1.61. The van der Waals surface area contributed by atoms with E-state index < -0.39 is 5.82 Å². The summed E-state index contributed by atoms with van der Waals surface area (Å²) < 4.78 is 27.0. The molecular formula is C24H27ClFN7O2. The van der Waals surface area contributed by atoms with E-state index in [-0.39, 0.29) is 6.10 Å². The largest absolute Gasteiger partial charge is 0.482 e. The van der Waals surface area contributed by atoms with Crippen LogP contribution in [0.1, 0.15) is 37.6 Å². The Bertz CT molecular complexity index is 1190. The highest BCUT2D eigenvalue weighted by Crippen LogP contribution is 2.40. The van der Waals surface area contributed by atoms with Crippen LogP contribution in [0.15, 0.2) is 30.5 Å². The summed E-state index contributed by atoms with van der Waals surface area (Å²) in [5, 5.41) is 16.7. The second kappa shape index (κ2) is 9.14. The summed E-state index contributed by atoms with van der Waals surface area (Å²) in [6.45, 7) is 2.65. The number of aromatic nitrogens is 5. The molecule has 0 spiro atoms. The van der Waals surface area contributed by atoms with Gasteiger partial charge in [0, 0.05) is 42.8 Å². The molecule has 1 N–H and O–H groups in total. The van der Waals surface area contributed by atoms with E-state index in [1.54, 1.807) is 19.4 Å². The first-order valence-electron chi connectivity index (χ1n) is 12.0. The normalized spacial score (nSPS) is 25.3. The number of aryl methyl sites for hydroxylation is 1. The van der Waals surface area contributed by atoms with Crippen LogP contribution in [0.25, 0.3) is 0 Å². The molecular weight excluding hydrogens is 473 g/mol. The monoisotopic (exact) mass is 499 g/mol. The van der Waals surface area contributed by atoms with E-state index in [1.165, 1.54) is 12.1 Å². The highest BCUT2D eigenvalue weighted by molar-refractivity contribution is 6.30. The summed E-state index contributed by atoms with van der Waals surface area (Å²) in [5.74, 6) is 2.87. The summed E-state index contributed by atoms with van der Waals surface area (Å²) in [5.41, 5.74) is 1.04. The van der Waals surface area contributed by atoms with Crippen molar-refractivity contribution in [1.29, 1.82) is 0 Å². The van der Waals surface area contributed by atoms with Gasteiger partial charge in [-0.15, -0.1) is 10.2 Å². The van der Waals surface area contributed by atoms with Crippen LogP contribution in [0.3, 0.4) is 0 Å². The molecule has 4 atom stereocenters. The molecule has 9 nitrogen and oxygen atoms in total. The Morgan fingerprint density at radius 1 is 1.11 bits per heavy atom. The standard InChI is InChI=1S/C24H27ClFN7O2/c1-34-21-10-18(11-27-30-21)32-12-14-4-5-15(13-32)22(14)28-24-29-23-20(3-2-6-33(23)31-24)35-19-8-16(25)7-17(26)9-19/h7-11,14-15,20,22H,2-6,12-13H2,1H3,(H,28,31)/t14-,15+,20-,22-/m0/s1. The fraction of sp³-hybridized carbons (Fsp3) is 0.500. The lowest BCUT2D eigenvalue weighted by Crippen LogP contribution is -2.48. The fourth-order valence-corrected chi connectivity index (χ4v) is 5.89. The highest BCUT2D eigenvalue weighted by Gasteiger charge is 2.43. The molecule has 1 saturated heterocycles. The lowest BCUT2D eigenvalue weighted by Gasteiger charge is -2.39. The van der Waals surface area contributed by atoms with Crippen LogP contribution >= 0.6 is 11.6 Å². The lowest BCUT2D eigenvalue weighted by molar-refractivity contribution is 0.155. The van der Waals surface area contributed by atoms with Crippen LogP contribution in [-0.2, 0) is 6.54 Å². The smallest absolute Gasteiger partial charge is 0.242 e. The number of rotatable bonds is 6. The third-order valence-electron chi connectivity index (χ3n) is 7.26. The van der Waals surface area contributed by atoms with E-state index in [0.29, 0.717) is 40.5 Å². The first-order chi connectivity index (χ1) is 17.1. The number of benzene rings is 1. The molecule has 2 bridgehead atoms. The topological polar surface area (TPSA) is 90.2 Å². The summed E-state index contributed by atoms with van der Waals surface area (Å²) in [6.07, 6.45) is 5.53. The second-order valence-electron chi connectivity index (χ2n) is 9.50. The molecule has 2 aromatic heterocycles. The Hall–Kier alpha value is -3.14. The first-order valence-corrected chi connectivity index (χ1v) is 12.4. The number of nitrogens with one attached hydrogen (secondary N) is 1. The number of ether oxygens (including phenoxy) is 2. The van der Waals surface area contributed by atoms with Crippen LogP contribution in [0, 0.1) is 17.7 Å². The zero-order valence-corrected chi connectivity index (χ0v) is 20.2. The van der Waals surface area contributed by atoms with Gasteiger partial charge in [0.15, 0.2) is 11.9 Å². The Morgan fingerprint density at radius 3 is 2.71 bits per heavy atom. The van der Waals surface area contributed by atoms with Crippen molar-refractivity contribution < 1.29 is 13.9 Å². The van der Waals surface area contributed by atoms with Gasteiger partial charge in [0.05, 0.1) is 19.0 Å². The molecule has 2 fully saturated rings. The molecule has 0 amide bonds. The molecule has 2 aliphatic heterocycles. The lowest BCUT2D eigenvalue weighted by atomic mass is 9.92. The van der Waals surface area contributed by atoms with Crippen LogP contribution in [0.2, 0.25) is 5.02 Å². The van der Waals surface area contributed by atoms with Gasteiger partial charge in [-0.25, -0.2) is 9.07 Å². The predicted octanol–water partition coefficient (Wildman–Crippen LogP) is 4.11.